The molecule has 9 heteroatoms. The third kappa shape index (κ3) is 5.69. The Morgan fingerprint density at radius 1 is 1.31 bits per heavy atom. The van der Waals surface area contributed by atoms with Gasteiger partial charge in [-0.1, -0.05) is 11.6 Å². The Labute approximate surface area is 191 Å². The van der Waals surface area contributed by atoms with E-state index in [1.165, 1.54) is 5.57 Å². The van der Waals surface area contributed by atoms with Gasteiger partial charge >= 0.3 is 6.09 Å². The van der Waals surface area contributed by atoms with Gasteiger partial charge in [-0.25, -0.2) is 4.79 Å². The minimum Gasteiger partial charge on any atom is -0.443 e. The van der Waals surface area contributed by atoms with E-state index in [9.17, 15) is 9.59 Å². The molecule has 2 N–H and O–H groups in total. The first-order valence-corrected chi connectivity index (χ1v) is 11.5. The number of carbonyl (C=O) groups is 2. The highest BCUT2D eigenvalue weighted by Crippen LogP contribution is 2.59. The van der Waals surface area contributed by atoms with Gasteiger partial charge in [-0.15, -0.1) is 0 Å². The van der Waals surface area contributed by atoms with E-state index >= 15 is 0 Å². The number of hydrogen-bond donors (Lipinski definition) is 2. The van der Waals surface area contributed by atoms with Gasteiger partial charge in [0.2, 0.25) is 5.91 Å². The maximum Gasteiger partial charge on any atom is 0.414 e. The summed E-state index contributed by atoms with van der Waals surface area (Å²) < 4.78 is 23.6. The fourth-order valence-corrected chi connectivity index (χ4v) is 5.02. The van der Waals surface area contributed by atoms with E-state index < -0.39 is 23.7 Å². The molecule has 3 fully saturated rings. The lowest BCUT2D eigenvalue weighted by molar-refractivity contribution is -0.126. The molecule has 2 heterocycles. The van der Waals surface area contributed by atoms with Crippen molar-refractivity contribution in [3.63, 3.8) is 0 Å². The number of amides is 2. The highest BCUT2D eigenvalue weighted by molar-refractivity contribution is 5.92. The number of imide groups is 1. The standard InChI is InChI=1S/C23H39N3O6/c1-15(2)7-8-17-22(3,32-17)20-19(29-6)16(9-10-23(20)14-30-23)31-21(28)25-18(27)13-26(5)12-11-24-4/h7,16-17,19-20,24H,8-14H2,1-6H3,(H,25,27,28)/t16?,17-,19?,20?,22+,23+/m1/s1. The number of hydrogen-bond acceptors (Lipinski definition) is 8. The minimum atomic E-state index is -0.738. The molecule has 0 aromatic carbocycles. The van der Waals surface area contributed by atoms with Crippen LogP contribution in [0.2, 0.25) is 0 Å². The smallest absolute Gasteiger partial charge is 0.414 e. The zero-order chi connectivity index (χ0) is 23.5. The highest BCUT2D eigenvalue weighted by Gasteiger charge is 2.72. The second-order valence-corrected chi connectivity index (χ2v) is 9.71. The molecule has 32 heavy (non-hydrogen) atoms. The lowest BCUT2D eigenvalue weighted by atomic mass is 9.68. The lowest BCUT2D eigenvalue weighted by Gasteiger charge is -2.42. The quantitative estimate of drug-likeness (QED) is 0.378. The Kier molecular flexibility index (Phi) is 7.98. The fourth-order valence-electron chi connectivity index (χ4n) is 5.02. The third-order valence-corrected chi connectivity index (χ3v) is 6.89. The van der Waals surface area contributed by atoms with Gasteiger partial charge in [0.1, 0.15) is 23.4 Å². The number of epoxide rings is 2. The van der Waals surface area contributed by atoms with Crippen LogP contribution in [0.15, 0.2) is 11.6 Å². The van der Waals surface area contributed by atoms with Gasteiger partial charge < -0.3 is 24.3 Å². The van der Waals surface area contributed by atoms with Crippen molar-refractivity contribution >= 4 is 12.0 Å². The molecule has 0 radical (unpaired) electrons. The monoisotopic (exact) mass is 453 g/mol. The van der Waals surface area contributed by atoms with Crippen LogP contribution in [0.1, 0.15) is 40.0 Å². The van der Waals surface area contributed by atoms with Gasteiger partial charge in [-0.05, 0) is 54.1 Å². The summed E-state index contributed by atoms with van der Waals surface area (Å²) in [6, 6.07) is 0. The first-order valence-electron chi connectivity index (χ1n) is 11.5. The average Bonchev–Trinajstić information content (AvgIpc) is 3.63. The Hall–Kier alpha value is -1.52. The minimum absolute atomic E-state index is 0.0505. The van der Waals surface area contributed by atoms with Crippen molar-refractivity contribution in [1.82, 2.24) is 15.5 Å². The molecule has 0 aromatic heterocycles. The summed E-state index contributed by atoms with van der Waals surface area (Å²) in [6.45, 7) is 8.49. The summed E-state index contributed by atoms with van der Waals surface area (Å²) in [6.07, 6.45) is 2.91. The molecule has 6 atom stereocenters. The van der Waals surface area contributed by atoms with Crippen molar-refractivity contribution in [1.29, 1.82) is 0 Å². The van der Waals surface area contributed by atoms with Gasteiger partial charge in [-0.3, -0.25) is 15.0 Å². The van der Waals surface area contributed by atoms with Gasteiger partial charge in [0.25, 0.3) is 0 Å². The number of methoxy groups -OCH3 is 1. The number of nitrogens with one attached hydrogen (secondary N) is 2. The molecular formula is C23H39N3O6. The van der Waals surface area contributed by atoms with Crippen LogP contribution in [-0.4, -0.2) is 93.9 Å². The summed E-state index contributed by atoms with van der Waals surface area (Å²) in [5.41, 5.74) is 0.580. The summed E-state index contributed by atoms with van der Waals surface area (Å²) in [5.74, 6) is -0.443. The van der Waals surface area contributed by atoms with Crippen LogP contribution in [-0.2, 0) is 23.7 Å². The fraction of sp³-hybridized carbons (Fsp3) is 0.826. The molecule has 0 aromatic rings. The molecule has 0 bridgehead atoms. The van der Waals surface area contributed by atoms with Crippen LogP contribution in [0.25, 0.3) is 0 Å². The third-order valence-electron chi connectivity index (χ3n) is 6.89. The van der Waals surface area contributed by atoms with E-state index in [4.69, 9.17) is 18.9 Å². The molecule has 1 saturated carbocycles. The first kappa shape index (κ1) is 25.1. The van der Waals surface area contributed by atoms with E-state index in [2.05, 4.69) is 37.5 Å². The highest BCUT2D eigenvalue weighted by atomic mass is 16.6. The van der Waals surface area contributed by atoms with Crippen LogP contribution in [0.3, 0.4) is 0 Å². The summed E-state index contributed by atoms with van der Waals surface area (Å²) in [5, 5.41) is 5.36. The largest absolute Gasteiger partial charge is 0.443 e. The Morgan fingerprint density at radius 3 is 2.62 bits per heavy atom. The zero-order valence-corrected chi connectivity index (χ0v) is 20.2. The first-order chi connectivity index (χ1) is 15.1. The number of rotatable bonds is 10. The number of allylic oxidation sites excluding steroid dienone is 1. The van der Waals surface area contributed by atoms with Gasteiger partial charge in [0.05, 0.1) is 25.2 Å². The van der Waals surface area contributed by atoms with Crippen LogP contribution in [0, 0.1) is 5.92 Å². The molecule has 3 aliphatic rings. The second-order valence-electron chi connectivity index (χ2n) is 9.71. The number of ether oxygens (including phenoxy) is 4. The molecule has 1 aliphatic carbocycles. The van der Waals surface area contributed by atoms with Gasteiger partial charge in [0, 0.05) is 20.2 Å². The molecular weight excluding hydrogens is 414 g/mol. The number of likely N-dealkylation sites (N-methyl/N-ethyl adjacent to an activating group) is 2. The van der Waals surface area contributed by atoms with Crippen molar-refractivity contribution in [3.8, 4) is 0 Å². The molecule has 2 amide bonds. The van der Waals surface area contributed by atoms with Gasteiger partial charge in [0.15, 0.2) is 0 Å². The van der Waals surface area contributed by atoms with Crippen LogP contribution in [0.5, 0.6) is 0 Å². The van der Waals surface area contributed by atoms with E-state index in [0.717, 1.165) is 19.4 Å². The topological polar surface area (TPSA) is 105 Å². The van der Waals surface area contributed by atoms with Crippen molar-refractivity contribution in [2.75, 3.05) is 47.4 Å². The Bertz CT molecular complexity index is 721. The Balaban J connectivity index is 1.60. The maximum atomic E-state index is 12.5. The lowest BCUT2D eigenvalue weighted by Crippen LogP contribution is -2.56. The normalized spacial score (nSPS) is 35.5. The molecule has 2 aliphatic heterocycles. The summed E-state index contributed by atoms with van der Waals surface area (Å²) >= 11 is 0. The molecule has 182 valence electrons. The average molecular weight is 454 g/mol. The van der Waals surface area contributed by atoms with Crippen LogP contribution < -0.4 is 10.6 Å². The SMILES string of the molecule is CNCCN(C)CC(=O)NC(=O)OC1CC[C@]2(CO2)C([C@@]2(C)O[C@@H]2CC=C(C)C)C1OC. The van der Waals surface area contributed by atoms with Crippen LogP contribution >= 0.6 is 0 Å². The summed E-state index contributed by atoms with van der Waals surface area (Å²) in [4.78, 5) is 26.5. The zero-order valence-electron chi connectivity index (χ0n) is 20.2. The predicted molar refractivity (Wildman–Crippen MR) is 119 cm³/mol. The van der Waals surface area contributed by atoms with Gasteiger partial charge in [-0.2, -0.15) is 0 Å². The molecule has 1 spiro atoms. The second kappa shape index (κ2) is 10.2. The number of alkyl carbamates (subject to hydrolysis) is 1. The molecule has 3 unspecified atom stereocenters. The molecule has 2 saturated heterocycles. The van der Waals surface area contributed by atoms with Crippen molar-refractivity contribution < 1.29 is 28.5 Å². The number of carbonyl (C=O) groups excluding carboxylic acids is 2. The van der Waals surface area contributed by atoms with Crippen molar-refractivity contribution in [2.45, 2.75) is 69.5 Å². The van der Waals surface area contributed by atoms with Crippen LogP contribution in [0.4, 0.5) is 4.79 Å². The van der Waals surface area contributed by atoms with E-state index in [1.807, 2.05) is 19.0 Å². The van der Waals surface area contributed by atoms with E-state index in [-0.39, 0.29) is 30.3 Å². The molecule has 9 nitrogen and oxygen atoms in total. The summed E-state index contributed by atoms with van der Waals surface area (Å²) in [7, 11) is 5.31. The van der Waals surface area contributed by atoms with E-state index in [1.54, 1.807) is 7.11 Å². The maximum absolute atomic E-state index is 12.5. The van der Waals surface area contributed by atoms with E-state index in [0.29, 0.717) is 19.6 Å². The van der Waals surface area contributed by atoms with Crippen molar-refractivity contribution in [2.24, 2.45) is 5.92 Å². The number of nitrogens with zero attached hydrogens (tertiary/aromatic N) is 1. The van der Waals surface area contributed by atoms with Crippen molar-refractivity contribution in [3.05, 3.63) is 11.6 Å². The Morgan fingerprint density at radius 2 is 2.03 bits per heavy atom. The predicted octanol–water partition coefficient (Wildman–Crippen LogP) is 1.47. The molecule has 3 rings (SSSR count).